The summed E-state index contributed by atoms with van der Waals surface area (Å²) in [5.74, 6) is 0.516. The van der Waals surface area contributed by atoms with Gasteiger partial charge < -0.3 is 15.1 Å². The molecule has 32 heavy (non-hydrogen) atoms. The van der Waals surface area contributed by atoms with Crippen LogP contribution in [-0.4, -0.2) is 70.6 Å². The van der Waals surface area contributed by atoms with E-state index in [4.69, 9.17) is 22.2 Å². The molecule has 0 aromatic heterocycles. The molecule has 6 nitrogen and oxygen atoms in total. The van der Waals surface area contributed by atoms with E-state index in [9.17, 15) is 4.79 Å². The van der Waals surface area contributed by atoms with Gasteiger partial charge in [0.2, 0.25) is 5.91 Å². The summed E-state index contributed by atoms with van der Waals surface area (Å²) < 4.78 is 0.777. The largest absolute Gasteiger partial charge is 0.355 e. The normalized spacial score (nSPS) is 18.8. The van der Waals surface area contributed by atoms with Crippen molar-refractivity contribution in [3.63, 3.8) is 0 Å². The number of carbonyl (C=O) groups excluding carboxylic acids is 1. The van der Waals surface area contributed by atoms with Gasteiger partial charge in [-0.15, -0.1) is 0 Å². The van der Waals surface area contributed by atoms with Gasteiger partial charge in [-0.3, -0.25) is 9.79 Å². The molecule has 1 N–H and O–H groups in total. The van der Waals surface area contributed by atoms with E-state index in [2.05, 4.69) is 22.2 Å². The minimum Gasteiger partial charge on any atom is -0.355 e. The summed E-state index contributed by atoms with van der Waals surface area (Å²) >= 11 is 6.98. The average molecular weight is 466 g/mol. The second-order valence-electron chi connectivity index (χ2n) is 7.98. The molecular formula is C24H27N5OS2. The van der Waals surface area contributed by atoms with Crippen molar-refractivity contribution in [1.29, 1.82) is 0 Å². The van der Waals surface area contributed by atoms with Crippen LogP contribution in [0.3, 0.4) is 0 Å². The van der Waals surface area contributed by atoms with Gasteiger partial charge in [-0.1, -0.05) is 66.4 Å². The average Bonchev–Trinajstić information content (AvgIpc) is 2.93. The molecule has 1 amide bonds. The first-order valence-corrected chi connectivity index (χ1v) is 12.1. The lowest BCUT2D eigenvalue weighted by Gasteiger charge is -2.33. The lowest BCUT2D eigenvalue weighted by molar-refractivity contribution is -0.117. The standard InChI is InChI=1S/C24H27N5OS2/c1-17-22(18-8-4-3-5-9-18)23(26-20-11-7-6-10-19(20)25-17)27-21(30)16-32-24(31)29-14-12-28(2)13-15-29/h3-11,22H,12-16H2,1-2H3,(H,26,27,30)/t22-/m0/s1. The number of nitrogens with zero attached hydrogens (tertiary/aromatic N) is 4. The Morgan fingerprint density at radius 3 is 2.34 bits per heavy atom. The third kappa shape index (κ3) is 5.43. The van der Waals surface area contributed by atoms with Crippen molar-refractivity contribution in [2.45, 2.75) is 12.8 Å². The smallest absolute Gasteiger partial charge is 0.235 e. The minimum absolute atomic E-state index is 0.113. The van der Waals surface area contributed by atoms with E-state index in [-0.39, 0.29) is 17.6 Å². The molecule has 2 aliphatic rings. The van der Waals surface area contributed by atoms with Gasteiger partial charge in [0.05, 0.1) is 23.0 Å². The van der Waals surface area contributed by atoms with Crippen LogP contribution < -0.4 is 5.32 Å². The summed E-state index contributed by atoms with van der Waals surface area (Å²) in [6.45, 7) is 5.76. The van der Waals surface area contributed by atoms with Crippen LogP contribution in [0.5, 0.6) is 0 Å². The summed E-state index contributed by atoms with van der Waals surface area (Å²) in [7, 11) is 2.11. The molecule has 0 bridgehead atoms. The quantitative estimate of drug-likeness (QED) is 0.695. The number of hydrogen-bond donors (Lipinski definition) is 1. The Kier molecular flexibility index (Phi) is 7.34. The van der Waals surface area contributed by atoms with Crippen molar-refractivity contribution in [3.05, 3.63) is 60.2 Å². The highest BCUT2D eigenvalue weighted by atomic mass is 32.2. The number of thiocarbonyl (C=S) groups is 1. The van der Waals surface area contributed by atoms with Gasteiger partial charge >= 0.3 is 0 Å². The first-order valence-electron chi connectivity index (χ1n) is 10.7. The zero-order valence-corrected chi connectivity index (χ0v) is 20.0. The van der Waals surface area contributed by atoms with E-state index < -0.39 is 0 Å². The molecule has 8 heteroatoms. The maximum atomic E-state index is 12.9. The van der Waals surface area contributed by atoms with E-state index in [1.165, 1.54) is 11.8 Å². The number of amidine groups is 1. The lowest BCUT2D eigenvalue weighted by atomic mass is 9.93. The van der Waals surface area contributed by atoms with E-state index >= 15 is 0 Å². The van der Waals surface area contributed by atoms with Crippen LogP contribution in [0.4, 0.5) is 11.4 Å². The van der Waals surface area contributed by atoms with Gasteiger partial charge in [-0.05, 0) is 31.7 Å². The number of fused-ring (bicyclic) bond motifs is 1. The molecule has 4 rings (SSSR count). The van der Waals surface area contributed by atoms with Crippen LogP contribution in [-0.2, 0) is 4.79 Å². The number of piperazine rings is 1. The fraction of sp³-hybridized carbons (Fsp3) is 0.333. The summed E-state index contributed by atoms with van der Waals surface area (Å²) in [5.41, 5.74) is 3.49. The molecule has 2 heterocycles. The van der Waals surface area contributed by atoms with Crippen molar-refractivity contribution in [2.24, 2.45) is 9.98 Å². The molecule has 166 valence electrons. The second kappa shape index (κ2) is 10.4. The van der Waals surface area contributed by atoms with Crippen molar-refractivity contribution in [3.8, 4) is 0 Å². The Bertz CT molecular complexity index is 1050. The first kappa shape index (κ1) is 22.6. The van der Waals surface area contributed by atoms with Crippen LogP contribution in [0, 0.1) is 0 Å². The molecule has 2 aromatic carbocycles. The fourth-order valence-electron chi connectivity index (χ4n) is 3.83. The van der Waals surface area contributed by atoms with E-state index in [1.54, 1.807) is 0 Å². The van der Waals surface area contributed by atoms with E-state index in [0.29, 0.717) is 5.84 Å². The third-order valence-electron chi connectivity index (χ3n) is 5.60. The summed E-state index contributed by atoms with van der Waals surface area (Å²) in [6.07, 6.45) is 0. The zero-order chi connectivity index (χ0) is 22.5. The van der Waals surface area contributed by atoms with Crippen LogP contribution in [0.15, 0.2) is 64.6 Å². The van der Waals surface area contributed by atoms with Gasteiger partial charge in [0, 0.05) is 31.9 Å². The molecule has 1 atom stereocenters. The van der Waals surface area contributed by atoms with Crippen LogP contribution in [0.1, 0.15) is 18.4 Å². The van der Waals surface area contributed by atoms with Crippen molar-refractivity contribution >= 4 is 57.1 Å². The number of nitrogens with one attached hydrogen (secondary N) is 1. The van der Waals surface area contributed by atoms with Crippen molar-refractivity contribution in [1.82, 2.24) is 15.1 Å². The Morgan fingerprint density at radius 1 is 1.03 bits per heavy atom. The number of benzene rings is 2. The monoisotopic (exact) mass is 465 g/mol. The number of aliphatic imine (C=N–C) groups is 2. The molecule has 0 saturated carbocycles. The molecule has 0 radical (unpaired) electrons. The molecule has 1 fully saturated rings. The summed E-state index contributed by atoms with van der Waals surface area (Å²) in [6, 6.07) is 17.8. The number of carbonyl (C=O) groups is 1. The number of thioether (sulfide) groups is 1. The maximum absolute atomic E-state index is 12.9. The molecule has 0 aliphatic carbocycles. The Morgan fingerprint density at radius 2 is 1.66 bits per heavy atom. The number of hydrogen-bond acceptors (Lipinski definition) is 6. The van der Waals surface area contributed by atoms with Crippen LogP contribution >= 0.6 is 24.0 Å². The van der Waals surface area contributed by atoms with Crippen molar-refractivity contribution in [2.75, 3.05) is 39.0 Å². The predicted octanol–water partition coefficient (Wildman–Crippen LogP) is 3.99. The minimum atomic E-state index is -0.220. The summed E-state index contributed by atoms with van der Waals surface area (Å²) in [4.78, 5) is 27.0. The second-order valence-corrected chi connectivity index (χ2v) is 9.58. The Labute approximate surface area is 198 Å². The molecule has 2 aliphatic heterocycles. The van der Waals surface area contributed by atoms with E-state index in [1.807, 2.05) is 61.5 Å². The van der Waals surface area contributed by atoms with Gasteiger partial charge in [0.25, 0.3) is 0 Å². The summed E-state index contributed by atoms with van der Waals surface area (Å²) in [5, 5.41) is 3.07. The molecule has 0 unspecified atom stereocenters. The number of likely N-dealkylation sites (N-methyl/N-ethyl adjacent to an activating group) is 1. The predicted molar refractivity (Wildman–Crippen MR) is 138 cm³/mol. The first-order chi connectivity index (χ1) is 15.5. The van der Waals surface area contributed by atoms with Gasteiger partial charge in [-0.2, -0.15) is 0 Å². The highest BCUT2D eigenvalue weighted by molar-refractivity contribution is 8.23. The molecule has 2 aromatic rings. The maximum Gasteiger partial charge on any atom is 0.235 e. The zero-order valence-electron chi connectivity index (χ0n) is 18.3. The van der Waals surface area contributed by atoms with Crippen molar-refractivity contribution < 1.29 is 4.79 Å². The highest BCUT2D eigenvalue weighted by Gasteiger charge is 2.26. The van der Waals surface area contributed by atoms with Crippen LogP contribution in [0.2, 0.25) is 0 Å². The topological polar surface area (TPSA) is 60.3 Å². The van der Waals surface area contributed by atoms with Gasteiger partial charge in [0.15, 0.2) is 0 Å². The van der Waals surface area contributed by atoms with Gasteiger partial charge in [0.1, 0.15) is 10.2 Å². The fourth-order valence-corrected chi connectivity index (χ4v) is 4.88. The van der Waals surface area contributed by atoms with E-state index in [0.717, 1.165) is 53.1 Å². The molecular weight excluding hydrogens is 438 g/mol. The number of amides is 1. The molecule has 1 saturated heterocycles. The molecule has 0 spiro atoms. The highest BCUT2D eigenvalue weighted by Crippen LogP contribution is 2.34. The number of para-hydroxylation sites is 2. The number of rotatable bonds is 3. The third-order valence-corrected chi connectivity index (χ3v) is 7.12. The SMILES string of the molecule is CC1=Nc2ccccc2N=C(NC(=O)CSC(=S)N2CCN(C)CC2)[C@@H]1c1ccccc1. The van der Waals surface area contributed by atoms with Gasteiger partial charge in [-0.25, -0.2) is 4.99 Å². The lowest BCUT2D eigenvalue weighted by Crippen LogP contribution is -2.46. The Hall–Kier alpha value is -2.55. The Balaban J connectivity index is 1.50. The van der Waals surface area contributed by atoms with Crippen LogP contribution in [0.25, 0.3) is 0 Å².